The first-order valence-corrected chi connectivity index (χ1v) is 14.2. The standard InChI is InChI=1S/C27H33FN6O2S/c1-33-4-6-34(7-5-33)23-3-2-17-8-15(23)9-18(35)14-37-24-11-16-10-19(24)20(25(16)26(29)36)12-22-21(28)13-30-27(31-17)32-22/h2-3,8,13,16,19-20,24-25H,4-7,9-12,14H2,1H3,(H2,29,36)(H,30,31,32)/t16-,19-,20+,24+,25-/m0/s1. The summed E-state index contributed by atoms with van der Waals surface area (Å²) in [4.78, 5) is 39.0. The number of piperazine rings is 1. The summed E-state index contributed by atoms with van der Waals surface area (Å²) in [5, 5.41) is 3.49. The number of primary amides is 1. The van der Waals surface area contributed by atoms with Crippen LogP contribution in [-0.2, 0) is 22.4 Å². The third kappa shape index (κ3) is 4.81. The van der Waals surface area contributed by atoms with Crippen molar-refractivity contribution in [3.63, 3.8) is 0 Å². The van der Waals surface area contributed by atoms with Crippen LogP contribution in [0.4, 0.5) is 21.7 Å². The van der Waals surface area contributed by atoms with E-state index in [1.165, 1.54) is 6.20 Å². The molecule has 2 aliphatic heterocycles. The van der Waals surface area contributed by atoms with Gasteiger partial charge in [-0.25, -0.2) is 14.4 Å². The molecule has 0 radical (unpaired) electrons. The van der Waals surface area contributed by atoms with Gasteiger partial charge in [-0.1, -0.05) is 0 Å². The molecule has 3 N–H and O–H groups in total. The lowest BCUT2D eigenvalue weighted by atomic mass is 9.76. The number of nitrogens with zero attached hydrogens (tertiary/aromatic N) is 4. The van der Waals surface area contributed by atoms with Crippen molar-refractivity contribution in [2.75, 3.05) is 49.2 Å². The smallest absolute Gasteiger partial charge is 0.227 e. The van der Waals surface area contributed by atoms with E-state index in [1.807, 2.05) is 12.1 Å². The zero-order valence-electron chi connectivity index (χ0n) is 21.0. The number of amides is 1. The van der Waals surface area contributed by atoms with Crippen LogP contribution < -0.4 is 16.0 Å². The SMILES string of the molecule is CN1CCN(c2ccc3cc2CC(=O)CS[C@@H]2C[C@@H]4C[C@H]2[C@@H](Cc2nc(ncc2F)N3)[C@H]4C(N)=O)CC1. The van der Waals surface area contributed by atoms with Crippen LogP contribution in [0.3, 0.4) is 0 Å². The van der Waals surface area contributed by atoms with Crippen LogP contribution in [0.2, 0.25) is 0 Å². The van der Waals surface area contributed by atoms with Gasteiger partial charge in [-0.2, -0.15) is 11.8 Å². The lowest BCUT2D eigenvalue weighted by Crippen LogP contribution is -2.44. The summed E-state index contributed by atoms with van der Waals surface area (Å²) in [5.74, 6) is 0.221. The van der Waals surface area contributed by atoms with Crippen LogP contribution in [0.25, 0.3) is 0 Å². The molecule has 8 nitrogen and oxygen atoms in total. The number of nitrogens with one attached hydrogen (secondary N) is 1. The Morgan fingerprint density at radius 1 is 1.19 bits per heavy atom. The van der Waals surface area contributed by atoms with Crippen LogP contribution in [0.1, 0.15) is 24.1 Å². The summed E-state index contributed by atoms with van der Waals surface area (Å²) in [7, 11) is 2.13. The topological polar surface area (TPSA) is 104 Å². The molecule has 3 fully saturated rings. The fourth-order valence-electron chi connectivity index (χ4n) is 6.93. The molecular formula is C27H33FN6O2S. The number of benzene rings is 1. The quantitative estimate of drug-likeness (QED) is 0.618. The molecule has 0 unspecified atom stereocenters. The van der Waals surface area contributed by atoms with E-state index >= 15 is 0 Å². The van der Waals surface area contributed by atoms with E-state index in [0.717, 1.165) is 56.0 Å². The zero-order valence-corrected chi connectivity index (χ0v) is 21.8. The highest BCUT2D eigenvalue weighted by Crippen LogP contribution is 2.56. The normalized spacial score (nSPS) is 29.9. The molecular weight excluding hydrogens is 491 g/mol. The highest BCUT2D eigenvalue weighted by Gasteiger charge is 2.54. The molecule has 10 heteroatoms. The summed E-state index contributed by atoms with van der Waals surface area (Å²) in [5.41, 5.74) is 8.96. The predicted molar refractivity (Wildman–Crippen MR) is 142 cm³/mol. The van der Waals surface area contributed by atoms with Gasteiger partial charge in [0.1, 0.15) is 5.78 Å². The van der Waals surface area contributed by atoms with E-state index in [0.29, 0.717) is 30.2 Å². The number of hydrogen-bond acceptors (Lipinski definition) is 8. The number of Topliss-reactive ketones (excluding diaryl/α,β-unsaturated/α-hetero) is 1. The third-order valence-electron chi connectivity index (χ3n) is 8.71. The van der Waals surface area contributed by atoms with Crippen molar-refractivity contribution in [3.8, 4) is 0 Å². The molecule has 1 aromatic carbocycles. The molecule has 0 spiro atoms. The molecule has 1 saturated heterocycles. The Balaban J connectivity index is 1.35. The van der Waals surface area contributed by atoms with Crippen LogP contribution >= 0.6 is 11.8 Å². The van der Waals surface area contributed by atoms with Gasteiger partial charge < -0.3 is 20.9 Å². The molecule has 2 aromatic rings. The number of rotatable bonds is 2. The number of aromatic nitrogens is 2. The van der Waals surface area contributed by atoms with E-state index in [9.17, 15) is 14.0 Å². The lowest BCUT2D eigenvalue weighted by Gasteiger charge is -2.35. The number of carbonyl (C=O) groups is 2. The van der Waals surface area contributed by atoms with Gasteiger partial charge in [0.25, 0.3) is 0 Å². The minimum absolute atomic E-state index is 0.0730. The van der Waals surface area contributed by atoms with Gasteiger partial charge >= 0.3 is 0 Å². The Hall–Kier alpha value is -2.72. The number of nitrogens with two attached hydrogens (primary N) is 1. The number of hydrogen-bond donors (Lipinski definition) is 2. The average Bonchev–Trinajstić information content (AvgIpc) is 3.44. The average molecular weight is 525 g/mol. The maximum atomic E-state index is 14.9. The predicted octanol–water partition coefficient (Wildman–Crippen LogP) is 2.64. The van der Waals surface area contributed by atoms with Gasteiger partial charge in [-0.3, -0.25) is 9.59 Å². The Bertz CT molecular complexity index is 1220. The van der Waals surface area contributed by atoms with Crippen LogP contribution in [0.15, 0.2) is 24.4 Å². The number of likely N-dealkylation sites (N-methyl/N-ethyl adjacent to an activating group) is 1. The van der Waals surface area contributed by atoms with Crippen molar-refractivity contribution in [1.82, 2.24) is 14.9 Å². The van der Waals surface area contributed by atoms with Crippen LogP contribution in [0, 0.1) is 29.5 Å². The van der Waals surface area contributed by atoms with Crippen molar-refractivity contribution in [1.29, 1.82) is 0 Å². The maximum Gasteiger partial charge on any atom is 0.227 e. The molecule has 6 bridgehead atoms. The highest BCUT2D eigenvalue weighted by atomic mass is 32.2. The first-order chi connectivity index (χ1) is 17.9. The number of carbonyl (C=O) groups excluding carboxylic acids is 2. The fourth-order valence-corrected chi connectivity index (χ4v) is 8.37. The van der Waals surface area contributed by atoms with Gasteiger partial charge in [0.15, 0.2) is 5.82 Å². The van der Waals surface area contributed by atoms with Gasteiger partial charge in [-0.05, 0) is 67.8 Å². The van der Waals surface area contributed by atoms with Gasteiger partial charge in [-0.15, -0.1) is 0 Å². The summed E-state index contributed by atoms with van der Waals surface area (Å²) in [6, 6.07) is 6.03. The second kappa shape index (κ2) is 9.87. The van der Waals surface area contributed by atoms with E-state index in [2.05, 4.69) is 38.2 Å². The van der Waals surface area contributed by atoms with Crippen molar-refractivity contribution in [3.05, 3.63) is 41.5 Å². The molecule has 3 heterocycles. The molecule has 1 aromatic heterocycles. The fraction of sp³-hybridized carbons (Fsp3) is 0.556. The maximum absolute atomic E-state index is 14.9. The van der Waals surface area contributed by atoms with Crippen LogP contribution in [0.5, 0.6) is 0 Å². The number of thioether (sulfide) groups is 1. The first-order valence-electron chi connectivity index (χ1n) is 13.1. The van der Waals surface area contributed by atoms with Gasteiger partial charge in [0, 0.05) is 55.1 Å². The number of halogens is 1. The second-order valence-corrected chi connectivity index (χ2v) is 12.2. The summed E-state index contributed by atoms with van der Waals surface area (Å²) in [6.45, 7) is 3.79. The van der Waals surface area contributed by atoms with E-state index in [1.54, 1.807) is 11.8 Å². The van der Waals surface area contributed by atoms with Crippen molar-refractivity contribution >= 4 is 40.8 Å². The third-order valence-corrected chi connectivity index (χ3v) is 10.2. The molecule has 2 aliphatic carbocycles. The first kappa shape index (κ1) is 24.6. The Kier molecular flexibility index (Phi) is 6.56. The minimum Gasteiger partial charge on any atom is -0.369 e. The molecule has 196 valence electrons. The van der Waals surface area contributed by atoms with Gasteiger partial charge in [0.2, 0.25) is 11.9 Å². The summed E-state index contributed by atoms with van der Waals surface area (Å²) < 4.78 is 14.9. The van der Waals surface area contributed by atoms with E-state index in [-0.39, 0.29) is 40.6 Å². The molecule has 5 atom stereocenters. The largest absolute Gasteiger partial charge is 0.369 e. The zero-order chi connectivity index (χ0) is 25.7. The molecule has 6 rings (SSSR count). The Morgan fingerprint density at radius 3 is 2.78 bits per heavy atom. The Labute approximate surface area is 220 Å². The number of ketones is 1. The van der Waals surface area contributed by atoms with Crippen molar-refractivity contribution in [2.45, 2.75) is 30.9 Å². The number of anilines is 3. The van der Waals surface area contributed by atoms with E-state index < -0.39 is 5.82 Å². The lowest BCUT2D eigenvalue weighted by molar-refractivity contribution is -0.125. The molecule has 37 heavy (non-hydrogen) atoms. The van der Waals surface area contributed by atoms with Crippen LogP contribution in [-0.4, -0.2) is 70.8 Å². The summed E-state index contributed by atoms with van der Waals surface area (Å²) >= 11 is 1.70. The Morgan fingerprint density at radius 2 is 2.00 bits per heavy atom. The minimum atomic E-state index is -0.466. The van der Waals surface area contributed by atoms with Crippen molar-refractivity contribution < 1.29 is 14.0 Å². The monoisotopic (exact) mass is 524 g/mol. The van der Waals surface area contributed by atoms with E-state index in [4.69, 9.17) is 5.73 Å². The highest BCUT2D eigenvalue weighted by molar-refractivity contribution is 8.00. The van der Waals surface area contributed by atoms with Gasteiger partial charge in [0.05, 0.1) is 17.6 Å². The molecule has 2 saturated carbocycles. The number of fused-ring (bicyclic) bond motifs is 5. The summed E-state index contributed by atoms with van der Waals surface area (Å²) in [6.07, 6.45) is 3.68. The molecule has 1 amide bonds. The second-order valence-electron chi connectivity index (χ2n) is 11.0. The van der Waals surface area contributed by atoms with Crippen molar-refractivity contribution in [2.24, 2.45) is 29.4 Å². The molecule has 4 aliphatic rings.